The molecule has 0 spiro atoms. The number of carbonyl (C=O) groups excluding carboxylic acids is 1. The van der Waals surface area contributed by atoms with Gasteiger partial charge in [-0.3, -0.25) is 4.79 Å². The minimum absolute atomic E-state index is 0.0185. The van der Waals surface area contributed by atoms with Crippen molar-refractivity contribution in [1.82, 2.24) is 10.1 Å². The van der Waals surface area contributed by atoms with Gasteiger partial charge in [0, 0.05) is 31.1 Å². The van der Waals surface area contributed by atoms with E-state index in [4.69, 9.17) is 4.52 Å². The second-order valence-electron chi connectivity index (χ2n) is 7.64. The number of carbonyl (C=O) groups is 1. The van der Waals surface area contributed by atoms with Crippen molar-refractivity contribution in [2.45, 2.75) is 53.0 Å². The molecule has 1 saturated heterocycles. The molecule has 1 amide bonds. The first-order chi connectivity index (χ1) is 13.1. The highest BCUT2D eigenvalue weighted by molar-refractivity contribution is 5.79. The van der Waals surface area contributed by atoms with Crippen molar-refractivity contribution in [3.8, 4) is 11.3 Å². The van der Waals surface area contributed by atoms with Crippen LogP contribution in [-0.2, 0) is 11.3 Å². The molecule has 146 valence electrons. The van der Waals surface area contributed by atoms with Gasteiger partial charge in [0.2, 0.25) is 11.8 Å². The van der Waals surface area contributed by atoms with Crippen molar-refractivity contribution in [2.24, 2.45) is 5.92 Å². The number of aromatic nitrogens is 1. The van der Waals surface area contributed by atoms with Crippen LogP contribution in [0.4, 0.5) is 5.88 Å². The monoisotopic (exact) mass is 369 g/mol. The molecule has 0 saturated carbocycles. The highest BCUT2D eigenvalue weighted by Crippen LogP contribution is 2.34. The predicted octanol–water partition coefficient (Wildman–Crippen LogP) is 4.73. The van der Waals surface area contributed by atoms with Crippen molar-refractivity contribution in [1.29, 1.82) is 0 Å². The molecule has 0 N–H and O–H groups in total. The smallest absolute Gasteiger partial charge is 0.232 e. The maximum atomic E-state index is 12.8. The van der Waals surface area contributed by atoms with E-state index < -0.39 is 0 Å². The summed E-state index contributed by atoms with van der Waals surface area (Å²) in [5, 5.41) is 4.42. The van der Waals surface area contributed by atoms with Crippen LogP contribution >= 0.6 is 0 Å². The lowest BCUT2D eigenvalue weighted by Gasteiger charge is -2.29. The van der Waals surface area contributed by atoms with Crippen molar-refractivity contribution < 1.29 is 9.32 Å². The van der Waals surface area contributed by atoms with E-state index in [1.54, 1.807) is 0 Å². The number of nitrogens with zero attached hydrogens (tertiary/aromatic N) is 3. The summed E-state index contributed by atoms with van der Waals surface area (Å²) in [5.41, 5.74) is 2.92. The number of hydrogen-bond donors (Lipinski definition) is 0. The Bertz CT molecular complexity index is 733. The van der Waals surface area contributed by atoms with E-state index in [2.05, 4.69) is 29.1 Å². The summed E-state index contributed by atoms with van der Waals surface area (Å²) in [6, 6.07) is 10.1. The van der Waals surface area contributed by atoms with Crippen LogP contribution in [0.3, 0.4) is 0 Å². The molecule has 5 nitrogen and oxygen atoms in total. The van der Waals surface area contributed by atoms with Gasteiger partial charge in [0.1, 0.15) is 5.69 Å². The molecule has 0 aliphatic carbocycles. The molecule has 0 bridgehead atoms. The van der Waals surface area contributed by atoms with Crippen molar-refractivity contribution in [3.63, 3.8) is 0 Å². The first kappa shape index (κ1) is 19.5. The van der Waals surface area contributed by atoms with Gasteiger partial charge in [-0.15, -0.1) is 0 Å². The van der Waals surface area contributed by atoms with Crippen LogP contribution in [0.1, 0.15) is 52.0 Å². The molecule has 1 aromatic carbocycles. The minimum Gasteiger partial charge on any atom is -0.340 e. The number of benzene rings is 1. The second-order valence-corrected chi connectivity index (χ2v) is 7.64. The van der Waals surface area contributed by atoms with E-state index in [9.17, 15) is 4.79 Å². The van der Waals surface area contributed by atoms with E-state index >= 15 is 0 Å². The van der Waals surface area contributed by atoms with Gasteiger partial charge < -0.3 is 14.3 Å². The van der Waals surface area contributed by atoms with Crippen molar-refractivity contribution >= 4 is 11.8 Å². The maximum absolute atomic E-state index is 12.8. The van der Waals surface area contributed by atoms with Gasteiger partial charge in [0.05, 0.1) is 12.1 Å². The number of rotatable bonds is 7. The third-order valence-corrected chi connectivity index (χ3v) is 5.11. The van der Waals surface area contributed by atoms with E-state index in [0.717, 1.165) is 48.8 Å². The largest absolute Gasteiger partial charge is 0.340 e. The van der Waals surface area contributed by atoms with Crippen LogP contribution < -0.4 is 4.90 Å². The van der Waals surface area contributed by atoms with Gasteiger partial charge in [-0.1, -0.05) is 56.3 Å². The normalized spacial score (nSPS) is 14.6. The number of amides is 1. The zero-order valence-electron chi connectivity index (χ0n) is 16.8. The summed E-state index contributed by atoms with van der Waals surface area (Å²) in [6.07, 6.45) is 4.54. The average molecular weight is 370 g/mol. The molecule has 0 atom stereocenters. The summed E-state index contributed by atoms with van der Waals surface area (Å²) in [4.78, 5) is 17.0. The summed E-state index contributed by atoms with van der Waals surface area (Å²) >= 11 is 0. The second kappa shape index (κ2) is 9.07. The highest BCUT2D eigenvalue weighted by atomic mass is 16.5. The Morgan fingerprint density at radius 1 is 1.19 bits per heavy atom. The fraction of sp³-hybridized carbons (Fsp3) is 0.545. The van der Waals surface area contributed by atoms with E-state index in [-0.39, 0.29) is 11.8 Å². The molecule has 1 aromatic heterocycles. The molecule has 1 fully saturated rings. The van der Waals surface area contributed by atoms with Gasteiger partial charge >= 0.3 is 0 Å². The van der Waals surface area contributed by atoms with Gasteiger partial charge in [0.25, 0.3) is 0 Å². The Morgan fingerprint density at radius 2 is 1.89 bits per heavy atom. The first-order valence-electron chi connectivity index (χ1n) is 10.2. The predicted molar refractivity (Wildman–Crippen MR) is 109 cm³/mol. The zero-order valence-corrected chi connectivity index (χ0v) is 16.8. The molecule has 27 heavy (non-hydrogen) atoms. The Kier molecular flexibility index (Phi) is 6.54. The highest BCUT2D eigenvalue weighted by Gasteiger charge is 2.27. The lowest BCUT2D eigenvalue weighted by molar-refractivity contribution is -0.135. The Labute approximate surface area is 162 Å². The van der Waals surface area contributed by atoms with Gasteiger partial charge in [-0.05, 0) is 25.7 Å². The number of hydrogen-bond acceptors (Lipinski definition) is 4. The molecule has 3 rings (SSSR count). The van der Waals surface area contributed by atoms with Crippen LogP contribution in [0.2, 0.25) is 0 Å². The molecular weight excluding hydrogens is 338 g/mol. The van der Waals surface area contributed by atoms with Crippen LogP contribution in [-0.4, -0.2) is 35.6 Å². The summed E-state index contributed by atoms with van der Waals surface area (Å²) in [6.45, 7) is 9.30. The van der Waals surface area contributed by atoms with Crippen molar-refractivity contribution in [2.75, 3.05) is 24.5 Å². The first-order valence-corrected chi connectivity index (χ1v) is 10.2. The van der Waals surface area contributed by atoms with Crippen LogP contribution in [0.15, 0.2) is 34.9 Å². The lowest BCUT2D eigenvalue weighted by Crippen LogP contribution is -2.35. The third-order valence-electron chi connectivity index (χ3n) is 5.11. The van der Waals surface area contributed by atoms with Crippen LogP contribution in [0, 0.1) is 5.92 Å². The van der Waals surface area contributed by atoms with Gasteiger partial charge in [-0.2, -0.15) is 0 Å². The van der Waals surface area contributed by atoms with Crippen LogP contribution in [0.5, 0.6) is 0 Å². The fourth-order valence-electron chi connectivity index (χ4n) is 3.70. The number of anilines is 1. The topological polar surface area (TPSA) is 49.6 Å². The van der Waals surface area contributed by atoms with Crippen molar-refractivity contribution in [3.05, 3.63) is 35.9 Å². The summed E-state index contributed by atoms with van der Waals surface area (Å²) < 4.78 is 5.85. The number of piperidine rings is 1. The molecule has 5 heteroatoms. The van der Waals surface area contributed by atoms with E-state index in [1.165, 1.54) is 19.3 Å². The van der Waals surface area contributed by atoms with Gasteiger partial charge in [-0.25, -0.2) is 0 Å². The lowest BCUT2D eigenvalue weighted by atomic mass is 10.0. The van der Waals surface area contributed by atoms with Gasteiger partial charge in [0.15, 0.2) is 0 Å². The molecular formula is C22H31N3O2. The Morgan fingerprint density at radius 3 is 2.52 bits per heavy atom. The third kappa shape index (κ3) is 4.52. The average Bonchev–Trinajstić information content (AvgIpc) is 3.12. The molecule has 1 aliphatic rings. The molecule has 0 radical (unpaired) electrons. The van der Waals surface area contributed by atoms with Crippen LogP contribution in [0.25, 0.3) is 11.3 Å². The SMILES string of the molecule is CCCN(Cc1c(-c2ccccc2)noc1N1CCCCC1)C(=O)C(C)C. The standard InChI is InChI=1S/C22H31N3O2/c1-4-13-25(21(26)17(2)3)16-19-20(18-11-7-5-8-12-18)23-27-22(19)24-14-9-6-10-15-24/h5,7-8,11-12,17H,4,6,9-10,13-16H2,1-3H3. The Balaban J connectivity index is 1.98. The quantitative estimate of drug-likeness (QED) is 0.708. The zero-order chi connectivity index (χ0) is 19.2. The van der Waals surface area contributed by atoms with E-state index in [0.29, 0.717) is 6.54 Å². The van der Waals surface area contributed by atoms with E-state index in [1.807, 2.05) is 36.9 Å². The Hall–Kier alpha value is -2.30. The summed E-state index contributed by atoms with van der Waals surface area (Å²) in [7, 11) is 0. The maximum Gasteiger partial charge on any atom is 0.232 e. The minimum atomic E-state index is -0.0185. The molecule has 2 heterocycles. The summed E-state index contributed by atoms with van der Waals surface area (Å²) in [5.74, 6) is 1.00. The molecule has 2 aromatic rings. The fourth-order valence-corrected chi connectivity index (χ4v) is 3.70. The molecule has 0 unspecified atom stereocenters. The molecule has 1 aliphatic heterocycles.